The Balaban J connectivity index is 2.05. The van der Waals surface area contributed by atoms with Crippen molar-refractivity contribution in [1.82, 2.24) is 4.90 Å². The van der Waals surface area contributed by atoms with Crippen LogP contribution < -0.4 is 0 Å². The smallest absolute Gasteiger partial charge is 0.235 e. The maximum Gasteiger partial charge on any atom is 0.235 e. The first-order valence-electron chi connectivity index (χ1n) is 5.95. The van der Waals surface area contributed by atoms with E-state index in [1.807, 2.05) is 0 Å². The summed E-state index contributed by atoms with van der Waals surface area (Å²) in [5.41, 5.74) is -0.555. The highest BCUT2D eigenvalue weighted by molar-refractivity contribution is 6.05. The molecule has 2 rings (SSSR count). The van der Waals surface area contributed by atoms with Crippen molar-refractivity contribution in [3.05, 3.63) is 0 Å². The molecule has 1 aliphatic carbocycles. The van der Waals surface area contributed by atoms with Crippen molar-refractivity contribution in [1.29, 1.82) is 0 Å². The Morgan fingerprint density at radius 1 is 1.38 bits per heavy atom. The molecule has 16 heavy (non-hydrogen) atoms. The lowest BCUT2D eigenvalue weighted by molar-refractivity contribution is -0.141. The van der Waals surface area contributed by atoms with E-state index in [4.69, 9.17) is 0 Å². The molecule has 90 valence electrons. The first kappa shape index (κ1) is 11.6. The Morgan fingerprint density at radius 3 is 2.50 bits per heavy atom. The van der Waals surface area contributed by atoms with Gasteiger partial charge in [0, 0.05) is 18.9 Å². The fraction of sp³-hybridized carbons (Fsp3) is 0.833. The Kier molecular flexibility index (Phi) is 2.78. The molecular formula is C12H19NO3. The van der Waals surface area contributed by atoms with Gasteiger partial charge < -0.3 is 5.11 Å². The molecule has 2 unspecified atom stereocenters. The maximum atomic E-state index is 12.0. The Morgan fingerprint density at radius 2 is 2.06 bits per heavy atom. The molecule has 0 spiro atoms. The quantitative estimate of drug-likeness (QED) is 0.711. The van der Waals surface area contributed by atoms with Crippen molar-refractivity contribution in [3.8, 4) is 0 Å². The van der Waals surface area contributed by atoms with E-state index >= 15 is 0 Å². The van der Waals surface area contributed by atoms with Gasteiger partial charge in [0.2, 0.25) is 11.8 Å². The van der Waals surface area contributed by atoms with Crippen molar-refractivity contribution in [3.63, 3.8) is 0 Å². The minimum atomic E-state index is -0.555. The fourth-order valence-electron chi connectivity index (χ4n) is 2.68. The van der Waals surface area contributed by atoms with Gasteiger partial charge in [0.1, 0.15) is 0 Å². The second kappa shape index (κ2) is 3.84. The van der Waals surface area contributed by atoms with Crippen LogP contribution in [0.3, 0.4) is 0 Å². The van der Waals surface area contributed by atoms with E-state index in [1.165, 1.54) is 4.90 Å². The number of aliphatic hydroxyl groups excluding tert-OH is 1. The lowest BCUT2D eigenvalue weighted by Gasteiger charge is -2.22. The molecule has 1 saturated heterocycles. The van der Waals surface area contributed by atoms with E-state index in [0.717, 1.165) is 19.3 Å². The summed E-state index contributed by atoms with van der Waals surface area (Å²) in [6.45, 7) is 4.01. The highest BCUT2D eigenvalue weighted by Gasteiger charge is 2.46. The predicted molar refractivity (Wildman–Crippen MR) is 58.5 cm³/mol. The number of aliphatic hydroxyl groups is 1. The summed E-state index contributed by atoms with van der Waals surface area (Å²) >= 11 is 0. The Bertz CT molecular complexity index is 324. The van der Waals surface area contributed by atoms with Crippen molar-refractivity contribution < 1.29 is 14.7 Å². The number of nitrogens with zero attached hydrogens (tertiary/aromatic N) is 1. The van der Waals surface area contributed by atoms with Gasteiger partial charge in [-0.3, -0.25) is 14.5 Å². The number of imide groups is 1. The van der Waals surface area contributed by atoms with E-state index in [-0.39, 0.29) is 23.8 Å². The van der Waals surface area contributed by atoms with Crippen LogP contribution in [0.25, 0.3) is 0 Å². The van der Waals surface area contributed by atoms with Crippen LogP contribution in [0.4, 0.5) is 0 Å². The molecule has 2 aliphatic rings. The zero-order valence-corrected chi connectivity index (χ0v) is 9.90. The van der Waals surface area contributed by atoms with Gasteiger partial charge in [-0.05, 0) is 12.8 Å². The lowest BCUT2D eigenvalue weighted by atomic mass is 9.92. The standard InChI is InChI=1S/C12H19NO3/c1-12(2)6-10(15)13(11(12)16)7-8-4-3-5-9(8)14/h8-9,14H,3-7H2,1-2H3. The second-order valence-corrected chi connectivity index (χ2v) is 5.63. The summed E-state index contributed by atoms with van der Waals surface area (Å²) in [5, 5.41) is 9.70. The number of rotatable bonds is 2. The third kappa shape index (κ3) is 1.86. The van der Waals surface area contributed by atoms with Crippen LogP contribution in [-0.2, 0) is 9.59 Å². The number of likely N-dealkylation sites (tertiary alicyclic amines) is 1. The van der Waals surface area contributed by atoms with Gasteiger partial charge in [0.05, 0.1) is 11.5 Å². The third-order valence-corrected chi connectivity index (χ3v) is 3.75. The average molecular weight is 225 g/mol. The molecule has 1 aliphatic heterocycles. The van der Waals surface area contributed by atoms with Crippen LogP contribution in [0.2, 0.25) is 0 Å². The summed E-state index contributed by atoms with van der Waals surface area (Å²) in [6.07, 6.45) is 2.66. The number of amides is 2. The zero-order chi connectivity index (χ0) is 11.9. The van der Waals surface area contributed by atoms with Gasteiger partial charge >= 0.3 is 0 Å². The van der Waals surface area contributed by atoms with Crippen LogP contribution in [0.15, 0.2) is 0 Å². The molecule has 1 saturated carbocycles. The Labute approximate surface area is 95.6 Å². The average Bonchev–Trinajstić information content (AvgIpc) is 2.65. The van der Waals surface area contributed by atoms with Crippen LogP contribution in [-0.4, -0.2) is 34.5 Å². The molecule has 4 nitrogen and oxygen atoms in total. The topological polar surface area (TPSA) is 57.6 Å². The minimum absolute atomic E-state index is 0.0850. The molecule has 0 radical (unpaired) electrons. The Hall–Kier alpha value is -0.900. The molecule has 0 aromatic carbocycles. The molecule has 0 aromatic heterocycles. The van der Waals surface area contributed by atoms with Crippen LogP contribution >= 0.6 is 0 Å². The summed E-state index contributed by atoms with van der Waals surface area (Å²) in [4.78, 5) is 25.0. The van der Waals surface area contributed by atoms with Gasteiger partial charge in [-0.2, -0.15) is 0 Å². The highest BCUT2D eigenvalue weighted by Crippen LogP contribution is 2.34. The van der Waals surface area contributed by atoms with E-state index in [9.17, 15) is 14.7 Å². The van der Waals surface area contributed by atoms with E-state index in [0.29, 0.717) is 13.0 Å². The van der Waals surface area contributed by atoms with E-state index in [1.54, 1.807) is 13.8 Å². The highest BCUT2D eigenvalue weighted by atomic mass is 16.3. The van der Waals surface area contributed by atoms with Crippen LogP contribution in [0, 0.1) is 11.3 Å². The number of carbonyl (C=O) groups excluding carboxylic acids is 2. The molecule has 4 heteroatoms. The summed E-state index contributed by atoms with van der Waals surface area (Å²) in [5.74, 6) is -0.0903. The van der Waals surface area contributed by atoms with Crippen molar-refractivity contribution in [2.45, 2.75) is 45.6 Å². The third-order valence-electron chi connectivity index (χ3n) is 3.75. The molecule has 2 fully saturated rings. The van der Waals surface area contributed by atoms with Gasteiger partial charge in [-0.15, -0.1) is 0 Å². The SMILES string of the molecule is CC1(C)CC(=O)N(CC2CCCC2O)C1=O. The molecule has 0 aromatic rings. The van der Waals surface area contributed by atoms with Crippen LogP contribution in [0.5, 0.6) is 0 Å². The van der Waals surface area contributed by atoms with Gasteiger partial charge in [0.25, 0.3) is 0 Å². The van der Waals surface area contributed by atoms with Gasteiger partial charge in [0.15, 0.2) is 0 Å². The van der Waals surface area contributed by atoms with Crippen molar-refractivity contribution in [2.75, 3.05) is 6.54 Å². The monoisotopic (exact) mass is 225 g/mol. The van der Waals surface area contributed by atoms with E-state index in [2.05, 4.69) is 0 Å². The minimum Gasteiger partial charge on any atom is -0.393 e. The van der Waals surface area contributed by atoms with Gasteiger partial charge in [-0.25, -0.2) is 0 Å². The molecular weight excluding hydrogens is 206 g/mol. The van der Waals surface area contributed by atoms with Crippen LogP contribution in [0.1, 0.15) is 39.5 Å². The zero-order valence-electron chi connectivity index (χ0n) is 9.90. The summed E-state index contributed by atoms with van der Waals surface area (Å²) in [7, 11) is 0. The number of hydrogen-bond donors (Lipinski definition) is 1. The largest absolute Gasteiger partial charge is 0.393 e. The number of carbonyl (C=O) groups is 2. The predicted octanol–water partition coefficient (Wildman–Crippen LogP) is 0.932. The molecule has 1 N–H and O–H groups in total. The summed E-state index contributed by atoms with van der Waals surface area (Å²) < 4.78 is 0. The number of hydrogen-bond acceptors (Lipinski definition) is 3. The van der Waals surface area contributed by atoms with Gasteiger partial charge in [-0.1, -0.05) is 20.3 Å². The fourth-order valence-corrected chi connectivity index (χ4v) is 2.68. The van der Waals surface area contributed by atoms with Crippen molar-refractivity contribution >= 4 is 11.8 Å². The molecule has 1 heterocycles. The first-order chi connectivity index (χ1) is 7.42. The first-order valence-corrected chi connectivity index (χ1v) is 5.95. The molecule has 2 atom stereocenters. The lowest BCUT2D eigenvalue weighted by Crippen LogP contribution is -2.38. The maximum absolute atomic E-state index is 12.0. The van der Waals surface area contributed by atoms with Crippen molar-refractivity contribution in [2.24, 2.45) is 11.3 Å². The normalized spacial score (nSPS) is 33.8. The van der Waals surface area contributed by atoms with E-state index < -0.39 is 5.41 Å². The summed E-state index contributed by atoms with van der Waals surface area (Å²) in [6, 6.07) is 0. The second-order valence-electron chi connectivity index (χ2n) is 5.63. The molecule has 0 bridgehead atoms. The molecule has 2 amide bonds.